The van der Waals surface area contributed by atoms with Gasteiger partial charge in [-0.3, -0.25) is 9.48 Å². The fourth-order valence-electron chi connectivity index (χ4n) is 1.29. The topological polar surface area (TPSA) is 34.9 Å². The summed E-state index contributed by atoms with van der Waals surface area (Å²) in [5.41, 5.74) is 0.869. The molecule has 13 heavy (non-hydrogen) atoms. The van der Waals surface area contributed by atoms with Crippen LogP contribution in [0.15, 0.2) is 12.3 Å². The Labute approximate surface area is 78.8 Å². The third-order valence-electron chi connectivity index (χ3n) is 1.78. The van der Waals surface area contributed by atoms with E-state index in [1.54, 1.807) is 4.68 Å². The summed E-state index contributed by atoms with van der Waals surface area (Å²) >= 11 is 0. The maximum absolute atomic E-state index is 11.4. The summed E-state index contributed by atoms with van der Waals surface area (Å²) in [6, 6.07) is 1.89. The molecule has 0 N–H and O–H groups in total. The average Bonchev–Trinajstić information content (AvgIpc) is 2.33. The number of rotatable bonds is 4. The molecule has 1 aromatic heterocycles. The molecular weight excluding hydrogens is 164 g/mol. The van der Waals surface area contributed by atoms with Gasteiger partial charge in [-0.2, -0.15) is 5.10 Å². The second-order valence-corrected chi connectivity index (χ2v) is 3.79. The van der Waals surface area contributed by atoms with Gasteiger partial charge in [-0.25, -0.2) is 0 Å². The van der Waals surface area contributed by atoms with Gasteiger partial charge in [0.05, 0.1) is 12.1 Å². The van der Waals surface area contributed by atoms with Crippen molar-refractivity contribution < 1.29 is 4.79 Å². The molecule has 3 heteroatoms. The van der Waals surface area contributed by atoms with Crippen LogP contribution in [0.25, 0.3) is 0 Å². The number of carbonyl (C=O) groups excluding carboxylic acids is 1. The summed E-state index contributed by atoms with van der Waals surface area (Å²) in [7, 11) is 1.86. The molecule has 0 aromatic carbocycles. The highest BCUT2D eigenvalue weighted by Gasteiger charge is 2.07. The van der Waals surface area contributed by atoms with Crippen molar-refractivity contribution in [2.75, 3.05) is 0 Å². The maximum Gasteiger partial charge on any atom is 0.139 e. The Kier molecular flexibility index (Phi) is 3.23. The van der Waals surface area contributed by atoms with E-state index in [1.807, 2.05) is 19.3 Å². The second-order valence-electron chi connectivity index (χ2n) is 3.79. The molecule has 1 heterocycles. The first-order valence-corrected chi connectivity index (χ1v) is 4.58. The number of hydrogen-bond donors (Lipinski definition) is 0. The smallest absolute Gasteiger partial charge is 0.139 e. The van der Waals surface area contributed by atoms with Crippen LogP contribution in [0, 0.1) is 5.92 Å². The minimum Gasteiger partial charge on any atom is -0.299 e. The van der Waals surface area contributed by atoms with Crippen molar-refractivity contribution in [1.82, 2.24) is 9.78 Å². The molecule has 0 aliphatic carbocycles. The first kappa shape index (κ1) is 9.96. The van der Waals surface area contributed by atoms with Crippen LogP contribution in [0.1, 0.15) is 26.0 Å². The molecule has 0 spiro atoms. The molecule has 0 radical (unpaired) electrons. The van der Waals surface area contributed by atoms with Crippen LogP contribution >= 0.6 is 0 Å². The number of Topliss-reactive ketones (excluding diaryl/α,β-unsaturated/α-hetero) is 1. The van der Waals surface area contributed by atoms with Gasteiger partial charge in [0.15, 0.2) is 0 Å². The standard InChI is InChI=1S/C10H16N2O/c1-8(2)6-10(13)7-9-4-5-12(3)11-9/h4-5,8H,6-7H2,1-3H3. The van der Waals surface area contributed by atoms with Crippen molar-refractivity contribution in [1.29, 1.82) is 0 Å². The molecule has 0 fully saturated rings. The van der Waals surface area contributed by atoms with E-state index in [0.29, 0.717) is 18.8 Å². The van der Waals surface area contributed by atoms with Crippen LogP contribution in [-0.4, -0.2) is 15.6 Å². The van der Waals surface area contributed by atoms with Crippen LogP contribution in [0.5, 0.6) is 0 Å². The Morgan fingerprint density at radius 3 is 2.77 bits per heavy atom. The Bertz CT molecular complexity index is 289. The van der Waals surface area contributed by atoms with Crippen molar-refractivity contribution in [3.8, 4) is 0 Å². The van der Waals surface area contributed by atoms with E-state index in [1.165, 1.54) is 0 Å². The molecular formula is C10H16N2O. The Morgan fingerprint density at radius 1 is 1.62 bits per heavy atom. The lowest BCUT2D eigenvalue weighted by atomic mass is 10.0. The summed E-state index contributed by atoms with van der Waals surface area (Å²) in [6.45, 7) is 4.10. The fraction of sp³-hybridized carbons (Fsp3) is 0.600. The second kappa shape index (κ2) is 4.21. The highest BCUT2D eigenvalue weighted by atomic mass is 16.1. The molecule has 72 valence electrons. The zero-order valence-electron chi connectivity index (χ0n) is 8.45. The molecule has 3 nitrogen and oxygen atoms in total. The van der Waals surface area contributed by atoms with Crippen molar-refractivity contribution in [3.63, 3.8) is 0 Å². The lowest BCUT2D eigenvalue weighted by Gasteiger charge is -2.01. The van der Waals surface area contributed by atoms with E-state index in [2.05, 4.69) is 18.9 Å². The van der Waals surface area contributed by atoms with Gasteiger partial charge >= 0.3 is 0 Å². The van der Waals surface area contributed by atoms with Crippen molar-refractivity contribution in [3.05, 3.63) is 18.0 Å². The van der Waals surface area contributed by atoms with Crippen LogP contribution in [0.3, 0.4) is 0 Å². The molecule has 0 atom stereocenters. The van der Waals surface area contributed by atoms with E-state index in [-0.39, 0.29) is 5.78 Å². The van der Waals surface area contributed by atoms with Gasteiger partial charge in [-0.05, 0) is 12.0 Å². The Balaban J connectivity index is 2.45. The van der Waals surface area contributed by atoms with Gasteiger partial charge < -0.3 is 0 Å². The van der Waals surface area contributed by atoms with Gasteiger partial charge in [0, 0.05) is 19.7 Å². The SMILES string of the molecule is CC(C)CC(=O)Cc1ccn(C)n1. The van der Waals surface area contributed by atoms with Gasteiger partial charge in [0.2, 0.25) is 0 Å². The quantitative estimate of drug-likeness (QED) is 0.705. The normalized spacial score (nSPS) is 10.8. The zero-order valence-corrected chi connectivity index (χ0v) is 8.45. The minimum absolute atomic E-state index is 0.272. The highest BCUT2D eigenvalue weighted by Crippen LogP contribution is 2.04. The third kappa shape index (κ3) is 3.40. The number of aromatic nitrogens is 2. The first-order valence-electron chi connectivity index (χ1n) is 4.58. The lowest BCUT2D eigenvalue weighted by Crippen LogP contribution is -2.07. The molecule has 0 aliphatic heterocycles. The molecule has 1 aromatic rings. The summed E-state index contributed by atoms with van der Waals surface area (Å²) in [5.74, 6) is 0.713. The molecule has 0 bridgehead atoms. The number of ketones is 1. The number of nitrogens with zero attached hydrogens (tertiary/aromatic N) is 2. The molecule has 1 rings (SSSR count). The summed E-state index contributed by atoms with van der Waals surface area (Å²) < 4.78 is 1.72. The summed E-state index contributed by atoms with van der Waals surface area (Å²) in [5, 5.41) is 4.15. The Morgan fingerprint density at radius 2 is 2.31 bits per heavy atom. The van der Waals surface area contributed by atoms with Crippen LogP contribution in [0.4, 0.5) is 0 Å². The van der Waals surface area contributed by atoms with Gasteiger partial charge in [0.1, 0.15) is 5.78 Å². The molecule has 0 saturated heterocycles. The van der Waals surface area contributed by atoms with E-state index in [0.717, 1.165) is 5.69 Å². The predicted octanol–water partition coefficient (Wildman–Crippen LogP) is 1.58. The third-order valence-corrected chi connectivity index (χ3v) is 1.78. The predicted molar refractivity (Wildman–Crippen MR) is 51.4 cm³/mol. The Hall–Kier alpha value is -1.12. The summed E-state index contributed by atoms with van der Waals surface area (Å²) in [4.78, 5) is 11.4. The molecule has 0 saturated carbocycles. The van der Waals surface area contributed by atoms with Crippen LogP contribution in [0.2, 0.25) is 0 Å². The van der Waals surface area contributed by atoms with Gasteiger partial charge in [-0.1, -0.05) is 13.8 Å². The maximum atomic E-state index is 11.4. The van der Waals surface area contributed by atoms with Crippen molar-refractivity contribution >= 4 is 5.78 Å². The first-order chi connectivity index (χ1) is 6.08. The minimum atomic E-state index is 0.272. The van der Waals surface area contributed by atoms with E-state index in [4.69, 9.17) is 0 Å². The monoisotopic (exact) mass is 180 g/mol. The summed E-state index contributed by atoms with van der Waals surface area (Å²) in [6.07, 6.45) is 2.98. The zero-order chi connectivity index (χ0) is 9.84. The lowest BCUT2D eigenvalue weighted by molar-refractivity contribution is -0.119. The van der Waals surface area contributed by atoms with E-state index >= 15 is 0 Å². The highest BCUT2D eigenvalue weighted by molar-refractivity contribution is 5.80. The molecule has 0 amide bonds. The number of hydrogen-bond acceptors (Lipinski definition) is 2. The van der Waals surface area contributed by atoms with E-state index in [9.17, 15) is 4.79 Å². The van der Waals surface area contributed by atoms with E-state index < -0.39 is 0 Å². The fourth-order valence-corrected chi connectivity index (χ4v) is 1.29. The largest absolute Gasteiger partial charge is 0.299 e. The van der Waals surface area contributed by atoms with Crippen molar-refractivity contribution in [2.24, 2.45) is 13.0 Å². The van der Waals surface area contributed by atoms with Crippen molar-refractivity contribution in [2.45, 2.75) is 26.7 Å². The molecule has 0 unspecified atom stereocenters. The van der Waals surface area contributed by atoms with Gasteiger partial charge in [-0.15, -0.1) is 0 Å². The van der Waals surface area contributed by atoms with Gasteiger partial charge in [0.25, 0.3) is 0 Å². The van der Waals surface area contributed by atoms with Crippen LogP contribution < -0.4 is 0 Å². The molecule has 0 aliphatic rings. The average molecular weight is 180 g/mol. The number of aryl methyl sites for hydroxylation is 1. The number of carbonyl (C=O) groups is 1. The van der Waals surface area contributed by atoms with Crippen LogP contribution in [-0.2, 0) is 18.3 Å².